The van der Waals surface area contributed by atoms with Crippen LogP contribution in [0.5, 0.6) is 0 Å². The van der Waals surface area contributed by atoms with Gasteiger partial charge in [0, 0.05) is 12.3 Å². The maximum absolute atomic E-state index is 10.6. The zero-order valence-electron chi connectivity index (χ0n) is 16.5. The molecule has 1 heterocycles. The van der Waals surface area contributed by atoms with Gasteiger partial charge in [-0.25, -0.2) is 5.01 Å². The van der Waals surface area contributed by atoms with Crippen LogP contribution in [0.25, 0.3) is 0 Å². The highest BCUT2D eigenvalue weighted by molar-refractivity contribution is 8.14. The first-order valence-electron chi connectivity index (χ1n) is 10.3. The van der Waals surface area contributed by atoms with Gasteiger partial charge in [0.15, 0.2) is 0 Å². The predicted molar refractivity (Wildman–Crippen MR) is 117 cm³/mol. The monoisotopic (exact) mass is 388 g/mol. The van der Waals surface area contributed by atoms with Crippen LogP contribution in [0.15, 0.2) is 45.8 Å². The fourth-order valence-corrected chi connectivity index (χ4v) is 4.07. The molecule has 0 radical (unpaired) electrons. The Balaban J connectivity index is 1.73. The van der Waals surface area contributed by atoms with E-state index < -0.39 is 0 Å². The van der Waals surface area contributed by atoms with E-state index in [1.54, 1.807) is 0 Å². The molecule has 2 rings (SSSR count). The number of amidine groups is 1. The van der Waals surface area contributed by atoms with Gasteiger partial charge in [-0.15, -0.1) is 4.91 Å². The number of hydrogen-bond acceptors (Lipinski definition) is 4. The van der Waals surface area contributed by atoms with Crippen LogP contribution in [-0.2, 0) is 0 Å². The maximum Gasteiger partial charge on any atom is 0.209 e. The third-order valence-corrected chi connectivity index (χ3v) is 5.73. The summed E-state index contributed by atoms with van der Waals surface area (Å²) in [5.41, 5.74) is 2.15. The van der Waals surface area contributed by atoms with Crippen LogP contribution in [-0.4, -0.2) is 28.2 Å². The Hall–Kier alpha value is -1.69. The Morgan fingerprint density at radius 1 is 0.963 bits per heavy atom. The van der Waals surface area contributed by atoms with Crippen molar-refractivity contribution in [1.82, 2.24) is 5.01 Å². The van der Waals surface area contributed by atoms with Crippen LogP contribution in [0.1, 0.15) is 76.7 Å². The Kier molecular flexibility index (Phi) is 10.8. The molecule has 27 heavy (non-hydrogen) atoms. The van der Waals surface area contributed by atoms with Crippen LogP contribution in [0.3, 0.4) is 0 Å². The van der Waals surface area contributed by atoms with Crippen molar-refractivity contribution in [3.8, 4) is 0 Å². The van der Waals surface area contributed by atoms with E-state index in [-0.39, 0.29) is 0 Å². The van der Waals surface area contributed by atoms with Gasteiger partial charge in [-0.05, 0) is 12.0 Å². The van der Waals surface area contributed by atoms with Gasteiger partial charge >= 0.3 is 0 Å². The van der Waals surface area contributed by atoms with Crippen LogP contribution in [0, 0.1) is 4.91 Å². The first-order valence-corrected chi connectivity index (χ1v) is 11.3. The molecule has 0 unspecified atom stereocenters. The standard InChI is InChI=1S/C21H32N4OS/c1-2-3-4-5-6-7-8-9-10-14-17-25-21(22-24-26)27-18-20(23-25)19-15-12-11-13-16-19/h11-13,15-16H,2-10,14,17-18H2,1H3/b22-21+. The second-order valence-corrected chi connectivity index (χ2v) is 7.91. The summed E-state index contributed by atoms with van der Waals surface area (Å²) in [6.45, 7) is 3.04. The van der Waals surface area contributed by atoms with Crippen molar-refractivity contribution in [3.05, 3.63) is 40.8 Å². The third kappa shape index (κ3) is 8.24. The number of hydrogen-bond donors (Lipinski definition) is 0. The number of benzene rings is 1. The van der Waals surface area contributed by atoms with Gasteiger partial charge in [-0.3, -0.25) is 0 Å². The Morgan fingerprint density at radius 2 is 1.59 bits per heavy atom. The summed E-state index contributed by atoms with van der Waals surface area (Å²) >= 11 is 1.53. The summed E-state index contributed by atoms with van der Waals surface area (Å²) in [5, 5.41) is 13.6. The summed E-state index contributed by atoms with van der Waals surface area (Å²) < 4.78 is 0. The lowest BCUT2D eigenvalue weighted by molar-refractivity contribution is 0.424. The molecule has 0 fully saturated rings. The second-order valence-electron chi connectivity index (χ2n) is 6.97. The molecule has 0 bridgehead atoms. The van der Waals surface area contributed by atoms with Crippen molar-refractivity contribution in [2.75, 3.05) is 12.3 Å². The van der Waals surface area contributed by atoms with Crippen LogP contribution < -0.4 is 0 Å². The first-order chi connectivity index (χ1) is 13.3. The zero-order chi connectivity index (χ0) is 19.2. The molecule has 1 aliphatic heterocycles. The van der Waals surface area contributed by atoms with E-state index in [0.29, 0.717) is 10.9 Å². The highest BCUT2D eigenvalue weighted by Crippen LogP contribution is 2.21. The van der Waals surface area contributed by atoms with E-state index >= 15 is 0 Å². The topological polar surface area (TPSA) is 57.4 Å². The van der Waals surface area contributed by atoms with Gasteiger partial charge in [0.25, 0.3) is 0 Å². The lowest BCUT2D eigenvalue weighted by Gasteiger charge is -2.25. The zero-order valence-corrected chi connectivity index (χ0v) is 17.3. The minimum atomic E-state index is 0.612. The molecule has 0 N–H and O–H groups in total. The molecule has 6 heteroatoms. The minimum Gasteiger partial charge on any atom is -0.241 e. The van der Waals surface area contributed by atoms with E-state index in [2.05, 4.69) is 29.4 Å². The van der Waals surface area contributed by atoms with Gasteiger partial charge in [-0.1, -0.05) is 112 Å². The predicted octanol–water partition coefficient (Wildman–Crippen LogP) is 6.40. The molecule has 148 valence electrons. The summed E-state index contributed by atoms with van der Waals surface area (Å²) in [5.74, 6) is 0.715. The van der Waals surface area contributed by atoms with Crippen molar-refractivity contribution >= 4 is 22.6 Å². The maximum atomic E-state index is 10.6. The number of unbranched alkanes of at least 4 members (excludes halogenated alkanes) is 9. The molecule has 0 amide bonds. The summed E-state index contributed by atoms with van der Waals surface area (Å²) in [7, 11) is 0. The summed E-state index contributed by atoms with van der Waals surface area (Å²) in [4.78, 5) is 10.6. The van der Waals surface area contributed by atoms with Gasteiger partial charge in [-0.2, -0.15) is 5.10 Å². The van der Waals surface area contributed by atoms with Gasteiger partial charge in [0.1, 0.15) is 0 Å². The Labute approximate surface area is 167 Å². The lowest BCUT2D eigenvalue weighted by atomic mass is 10.1. The molecule has 1 aliphatic rings. The third-order valence-electron chi connectivity index (χ3n) is 4.76. The molecule has 0 aromatic heterocycles. The SMILES string of the molecule is CCCCCCCCCCCCN1N=C(c2ccccc2)CS/C1=N/N=O. The van der Waals surface area contributed by atoms with Crippen molar-refractivity contribution in [1.29, 1.82) is 0 Å². The number of nitrogens with zero attached hydrogens (tertiary/aromatic N) is 4. The Morgan fingerprint density at radius 3 is 2.22 bits per heavy atom. The molecule has 5 nitrogen and oxygen atoms in total. The van der Waals surface area contributed by atoms with E-state index in [0.717, 1.165) is 24.2 Å². The van der Waals surface area contributed by atoms with Gasteiger partial charge in [0.05, 0.1) is 11.0 Å². The molecular weight excluding hydrogens is 356 g/mol. The smallest absolute Gasteiger partial charge is 0.209 e. The number of hydrazone groups is 1. The number of rotatable bonds is 13. The van der Waals surface area contributed by atoms with Crippen molar-refractivity contribution in [2.45, 2.75) is 71.1 Å². The molecule has 0 spiro atoms. The van der Waals surface area contributed by atoms with E-state index in [4.69, 9.17) is 5.10 Å². The summed E-state index contributed by atoms with van der Waals surface area (Å²) in [6.07, 6.45) is 13.0. The summed E-state index contributed by atoms with van der Waals surface area (Å²) in [6, 6.07) is 10.2. The second kappa shape index (κ2) is 13.5. The average molecular weight is 389 g/mol. The van der Waals surface area contributed by atoms with Gasteiger partial charge in [0.2, 0.25) is 5.17 Å². The fraction of sp³-hybridized carbons (Fsp3) is 0.619. The largest absolute Gasteiger partial charge is 0.241 e. The van der Waals surface area contributed by atoms with E-state index in [9.17, 15) is 4.91 Å². The van der Waals surface area contributed by atoms with Crippen molar-refractivity contribution < 1.29 is 0 Å². The lowest BCUT2D eigenvalue weighted by Crippen LogP contribution is -2.31. The van der Waals surface area contributed by atoms with Gasteiger partial charge < -0.3 is 0 Å². The van der Waals surface area contributed by atoms with E-state index in [1.807, 2.05) is 23.2 Å². The van der Waals surface area contributed by atoms with Crippen LogP contribution in [0.4, 0.5) is 0 Å². The van der Waals surface area contributed by atoms with Crippen molar-refractivity contribution in [3.63, 3.8) is 0 Å². The molecular formula is C21H32N4OS. The first kappa shape index (κ1) is 21.6. The quantitative estimate of drug-likeness (QED) is 0.223. The average Bonchev–Trinajstić information content (AvgIpc) is 2.71. The Bertz CT molecular complexity index is 603. The molecule has 0 saturated carbocycles. The normalized spacial score (nSPS) is 15.8. The minimum absolute atomic E-state index is 0.612. The van der Waals surface area contributed by atoms with Crippen molar-refractivity contribution in [2.24, 2.45) is 15.5 Å². The van der Waals surface area contributed by atoms with Crippen LogP contribution >= 0.6 is 11.8 Å². The highest BCUT2D eigenvalue weighted by Gasteiger charge is 2.20. The molecule has 1 aromatic carbocycles. The number of thioether (sulfide) groups is 1. The molecule has 1 aromatic rings. The molecule has 0 atom stereocenters. The van der Waals surface area contributed by atoms with Crippen LogP contribution in [0.2, 0.25) is 0 Å². The van der Waals surface area contributed by atoms with E-state index in [1.165, 1.54) is 69.5 Å². The highest BCUT2D eigenvalue weighted by atomic mass is 32.2. The fourth-order valence-electron chi connectivity index (χ4n) is 3.21. The molecule has 0 saturated heterocycles. The molecule has 0 aliphatic carbocycles. The number of nitroso groups, excluding NO2 is 1.